The number of hydrogen-bond acceptors (Lipinski definition) is 3. The van der Waals surface area contributed by atoms with Gasteiger partial charge in [0.2, 0.25) is 0 Å². The average molecular weight is 354 g/mol. The van der Waals surface area contributed by atoms with Gasteiger partial charge in [-0.3, -0.25) is 4.79 Å². The van der Waals surface area contributed by atoms with Crippen LogP contribution in [0.3, 0.4) is 0 Å². The standard InChI is InChI=1S/C15H10BrF2NO2/c16-8-3-7-1-2-21-15(7)11(4-8)14(20)10-5-9(17)6-12(19)13(10)18/h3-6H,1-2,19H2. The van der Waals surface area contributed by atoms with Crippen LogP contribution in [0.4, 0.5) is 14.5 Å². The van der Waals surface area contributed by atoms with E-state index < -0.39 is 28.7 Å². The number of carbonyl (C=O) groups is 1. The van der Waals surface area contributed by atoms with Crippen molar-refractivity contribution >= 4 is 27.4 Å². The zero-order valence-corrected chi connectivity index (χ0v) is 12.3. The lowest BCUT2D eigenvalue weighted by atomic mass is 9.99. The first-order valence-corrected chi connectivity index (χ1v) is 7.01. The van der Waals surface area contributed by atoms with Gasteiger partial charge in [-0.1, -0.05) is 15.9 Å². The molecule has 0 spiro atoms. The predicted octanol–water partition coefficient (Wildman–Crippen LogP) is 3.48. The number of rotatable bonds is 2. The first-order chi connectivity index (χ1) is 9.97. The smallest absolute Gasteiger partial charge is 0.199 e. The van der Waals surface area contributed by atoms with Crippen LogP contribution in [0.25, 0.3) is 0 Å². The first-order valence-electron chi connectivity index (χ1n) is 6.22. The van der Waals surface area contributed by atoms with Crippen LogP contribution in [0.1, 0.15) is 21.5 Å². The molecule has 21 heavy (non-hydrogen) atoms. The van der Waals surface area contributed by atoms with Gasteiger partial charge < -0.3 is 10.5 Å². The number of hydrogen-bond donors (Lipinski definition) is 1. The summed E-state index contributed by atoms with van der Waals surface area (Å²) >= 11 is 3.30. The molecule has 0 fully saturated rings. The molecule has 0 aromatic heterocycles. The van der Waals surface area contributed by atoms with E-state index in [1.165, 1.54) is 6.07 Å². The predicted molar refractivity (Wildman–Crippen MR) is 77.5 cm³/mol. The summed E-state index contributed by atoms with van der Waals surface area (Å²) in [6.07, 6.45) is 0.669. The molecule has 0 bridgehead atoms. The van der Waals surface area contributed by atoms with Crippen molar-refractivity contribution in [2.45, 2.75) is 6.42 Å². The van der Waals surface area contributed by atoms with Crippen molar-refractivity contribution in [1.82, 2.24) is 0 Å². The van der Waals surface area contributed by atoms with Gasteiger partial charge in [0, 0.05) is 10.9 Å². The highest BCUT2D eigenvalue weighted by molar-refractivity contribution is 9.10. The molecule has 1 heterocycles. The maximum atomic E-state index is 14.0. The van der Waals surface area contributed by atoms with E-state index in [2.05, 4.69) is 15.9 Å². The third-order valence-electron chi connectivity index (χ3n) is 3.30. The van der Waals surface area contributed by atoms with Gasteiger partial charge >= 0.3 is 0 Å². The molecular formula is C15H10BrF2NO2. The molecule has 2 aromatic carbocycles. The number of benzene rings is 2. The summed E-state index contributed by atoms with van der Waals surface area (Å²) in [5, 5.41) is 0. The van der Waals surface area contributed by atoms with Crippen LogP contribution >= 0.6 is 15.9 Å². The quantitative estimate of drug-likeness (QED) is 0.664. The second-order valence-electron chi connectivity index (χ2n) is 4.73. The van der Waals surface area contributed by atoms with Crippen molar-refractivity contribution < 1.29 is 18.3 Å². The highest BCUT2D eigenvalue weighted by atomic mass is 79.9. The van der Waals surface area contributed by atoms with Crippen molar-refractivity contribution in [2.75, 3.05) is 12.3 Å². The van der Waals surface area contributed by atoms with Crippen molar-refractivity contribution in [3.63, 3.8) is 0 Å². The summed E-state index contributed by atoms with van der Waals surface area (Å²) in [4.78, 5) is 12.5. The van der Waals surface area contributed by atoms with Gasteiger partial charge in [-0.05, 0) is 29.8 Å². The molecule has 0 unspecified atom stereocenters. The van der Waals surface area contributed by atoms with Crippen molar-refractivity contribution in [1.29, 1.82) is 0 Å². The molecular weight excluding hydrogens is 344 g/mol. The number of nitrogens with two attached hydrogens (primary N) is 1. The minimum atomic E-state index is -0.923. The van der Waals surface area contributed by atoms with E-state index in [4.69, 9.17) is 10.5 Å². The Balaban J connectivity index is 2.16. The summed E-state index contributed by atoms with van der Waals surface area (Å²) in [6, 6.07) is 5.06. The monoisotopic (exact) mass is 353 g/mol. The zero-order valence-electron chi connectivity index (χ0n) is 10.8. The summed E-state index contributed by atoms with van der Waals surface area (Å²) < 4.78 is 33.5. The van der Waals surface area contributed by atoms with Crippen molar-refractivity contribution in [3.05, 3.63) is 57.1 Å². The number of anilines is 1. The first kappa shape index (κ1) is 14.0. The van der Waals surface area contributed by atoms with E-state index in [-0.39, 0.29) is 5.56 Å². The lowest BCUT2D eigenvalue weighted by molar-refractivity contribution is 0.103. The van der Waals surface area contributed by atoms with E-state index in [1.807, 2.05) is 6.07 Å². The number of carbonyl (C=O) groups excluding carboxylic acids is 1. The molecule has 6 heteroatoms. The van der Waals surface area contributed by atoms with E-state index in [0.717, 1.165) is 17.7 Å². The zero-order chi connectivity index (χ0) is 15.1. The number of ether oxygens (including phenoxy) is 1. The van der Waals surface area contributed by atoms with Crippen LogP contribution in [0.2, 0.25) is 0 Å². The number of ketones is 1. The van der Waals surface area contributed by atoms with Crippen LogP contribution in [0, 0.1) is 11.6 Å². The minimum Gasteiger partial charge on any atom is -0.492 e. The molecule has 1 aliphatic rings. The van der Waals surface area contributed by atoms with Gasteiger partial charge in [-0.2, -0.15) is 0 Å². The second kappa shape index (κ2) is 5.11. The fraction of sp³-hybridized carbons (Fsp3) is 0.133. The summed E-state index contributed by atoms with van der Waals surface area (Å²) in [7, 11) is 0. The number of nitrogen functional groups attached to an aromatic ring is 1. The largest absolute Gasteiger partial charge is 0.492 e. The van der Waals surface area contributed by atoms with Crippen molar-refractivity contribution in [2.24, 2.45) is 0 Å². The van der Waals surface area contributed by atoms with E-state index >= 15 is 0 Å². The third-order valence-corrected chi connectivity index (χ3v) is 3.76. The molecule has 0 atom stereocenters. The number of fused-ring (bicyclic) bond motifs is 1. The Hall–Kier alpha value is -1.95. The van der Waals surface area contributed by atoms with Gasteiger partial charge in [0.05, 0.1) is 23.4 Å². The summed E-state index contributed by atoms with van der Waals surface area (Å²) in [5.41, 5.74) is 5.63. The average Bonchev–Trinajstić information content (AvgIpc) is 2.89. The van der Waals surface area contributed by atoms with Crippen LogP contribution in [0.5, 0.6) is 5.75 Å². The van der Waals surface area contributed by atoms with Crippen LogP contribution in [-0.2, 0) is 6.42 Å². The molecule has 3 rings (SSSR count). The lowest BCUT2D eigenvalue weighted by Crippen LogP contribution is -2.09. The fourth-order valence-corrected chi connectivity index (χ4v) is 2.86. The Kier molecular flexibility index (Phi) is 3.41. The maximum Gasteiger partial charge on any atom is 0.199 e. The normalized spacial score (nSPS) is 12.9. The molecule has 108 valence electrons. The molecule has 1 aliphatic heterocycles. The fourth-order valence-electron chi connectivity index (χ4n) is 2.36. The SMILES string of the molecule is Nc1cc(F)cc(C(=O)c2cc(Br)cc3c2OCC3)c1F. The Morgan fingerprint density at radius 1 is 1.19 bits per heavy atom. The van der Waals surface area contributed by atoms with Gasteiger partial charge in [-0.15, -0.1) is 0 Å². The molecule has 0 saturated heterocycles. The minimum absolute atomic E-state index is 0.195. The van der Waals surface area contributed by atoms with E-state index in [9.17, 15) is 13.6 Å². The molecule has 0 saturated carbocycles. The maximum absolute atomic E-state index is 14.0. The van der Waals surface area contributed by atoms with Crippen LogP contribution in [0.15, 0.2) is 28.7 Å². The Labute approximate surface area is 127 Å². The molecule has 3 nitrogen and oxygen atoms in total. The van der Waals surface area contributed by atoms with E-state index in [1.54, 1.807) is 0 Å². The van der Waals surface area contributed by atoms with Crippen LogP contribution < -0.4 is 10.5 Å². The Bertz CT molecular complexity index is 762. The molecule has 2 aromatic rings. The molecule has 2 N–H and O–H groups in total. The highest BCUT2D eigenvalue weighted by Gasteiger charge is 2.25. The summed E-state index contributed by atoms with van der Waals surface area (Å²) in [5.74, 6) is -1.92. The summed E-state index contributed by atoms with van der Waals surface area (Å²) in [6.45, 7) is 0.458. The van der Waals surface area contributed by atoms with E-state index in [0.29, 0.717) is 23.2 Å². The molecule has 0 radical (unpaired) electrons. The lowest BCUT2D eigenvalue weighted by Gasteiger charge is -2.10. The van der Waals surface area contributed by atoms with Gasteiger partial charge in [-0.25, -0.2) is 8.78 Å². The molecule has 0 aliphatic carbocycles. The van der Waals surface area contributed by atoms with Gasteiger partial charge in [0.15, 0.2) is 11.6 Å². The number of halogens is 3. The highest BCUT2D eigenvalue weighted by Crippen LogP contribution is 2.35. The third kappa shape index (κ3) is 2.40. The van der Waals surface area contributed by atoms with Gasteiger partial charge in [0.1, 0.15) is 11.6 Å². The Morgan fingerprint density at radius 2 is 1.95 bits per heavy atom. The van der Waals surface area contributed by atoms with Gasteiger partial charge in [0.25, 0.3) is 0 Å². The molecule has 0 amide bonds. The second-order valence-corrected chi connectivity index (χ2v) is 5.64. The Morgan fingerprint density at radius 3 is 2.71 bits per heavy atom. The topological polar surface area (TPSA) is 52.3 Å². The van der Waals surface area contributed by atoms with Crippen LogP contribution in [-0.4, -0.2) is 12.4 Å². The van der Waals surface area contributed by atoms with Crippen molar-refractivity contribution in [3.8, 4) is 5.75 Å².